The van der Waals surface area contributed by atoms with E-state index in [1.807, 2.05) is 0 Å². The van der Waals surface area contributed by atoms with Crippen LogP contribution in [0.25, 0.3) is 0 Å². The predicted octanol–water partition coefficient (Wildman–Crippen LogP) is 1.35. The fourth-order valence-corrected chi connectivity index (χ4v) is 1.90. The van der Waals surface area contributed by atoms with Crippen LogP contribution in [0.2, 0.25) is 0 Å². The van der Waals surface area contributed by atoms with Gasteiger partial charge in [-0.05, 0) is 13.0 Å². The maximum Gasteiger partial charge on any atom is 0.405 e. The van der Waals surface area contributed by atoms with Gasteiger partial charge in [0.2, 0.25) is 6.79 Å². The topological polar surface area (TPSA) is 138 Å². The second kappa shape index (κ2) is 4.93. The first-order valence-corrected chi connectivity index (χ1v) is 5.42. The number of benzene rings is 1. The van der Waals surface area contributed by atoms with Gasteiger partial charge >= 0.3 is 6.09 Å². The largest absolute Gasteiger partial charge is 0.454 e. The highest BCUT2D eigenvalue weighted by molar-refractivity contribution is 5.69. The molecule has 0 aromatic heterocycles. The quantitative estimate of drug-likeness (QED) is 0.650. The van der Waals surface area contributed by atoms with Crippen LogP contribution in [0.4, 0.5) is 10.5 Å². The number of primary amides is 1. The molecule has 2 rings (SSSR count). The van der Waals surface area contributed by atoms with E-state index in [0.29, 0.717) is 0 Å². The van der Waals surface area contributed by atoms with Gasteiger partial charge in [0, 0.05) is 0 Å². The van der Waals surface area contributed by atoms with Gasteiger partial charge in [-0.3, -0.25) is 10.1 Å². The Morgan fingerprint density at radius 3 is 2.90 bits per heavy atom. The number of carbonyl (C=O) groups excluding carboxylic acids is 1. The molecule has 1 aliphatic heterocycles. The summed E-state index contributed by atoms with van der Waals surface area (Å²) in [6, 6.07) is 3.01. The monoisotopic (exact) mass is 279 g/mol. The predicted molar refractivity (Wildman–Crippen MR) is 63.0 cm³/mol. The summed E-state index contributed by atoms with van der Waals surface area (Å²) in [6.07, 6.45) is -2.09. The van der Waals surface area contributed by atoms with E-state index in [1.165, 1.54) is 13.0 Å². The lowest BCUT2D eigenvalue weighted by atomic mass is 10.0. The maximum absolute atomic E-state index is 11.2. The van der Waals surface area contributed by atoms with Gasteiger partial charge in [-0.1, -0.05) is 0 Å². The van der Waals surface area contributed by atoms with Crippen molar-refractivity contribution in [2.75, 3.05) is 6.79 Å². The van der Waals surface area contributed by atoms with E-state index < -0.39 is 22.8 Å². The average Bonchev–Trinajstić information content (AvgIpc) is 2.83. The number of nitro benzene ring substituents is 1. The molecule has 1 unspecified atom stereocenters. The van der Waals surface area contributed by atoms with Crippen LogP contribution in [0.15, 0.2) is 6.07 Å². The molecule has 0 spiro atoms. The summed E-state index contributed by atoms with van der Waals surface area (Å²) in [7, 11) is 0. The van der Waals surface area contributed by atoms with Gasteiger partial charge in [0.25, 0.3) is 5.69 Å². The van der Waals surface area contributed by atoms with E-state index in [2.05, 4.69) is 0 Å². The first-order valence-electron chi connectivity index (χ1n) is 5.42. The summed E-state index contributed by atoms with van der Waals surface area (Å²) in [6.45, 7) is 1.26. The Hall–Kier alpha value is -3.02. The van der Waals surface area contributed by atoms with Crippen LogP contribution in [0.3, 0.4) is 0 Å². The van der Waals surface area contributed by atoms with Crippen molar-refractivity contribution in [2.24, 2.45) is 5.73 Å². The fraction of sp³-hybridized carbons (Fsp3) is 0.273. The molecule has 0 radical (unpaired) electrons. The maximum atomic E-state index is 11.2. The minimum atomic E-state index is -1.08. The van der Waals surface area contributed by atoms with Gasteiger partial charge in [-0.15, -0.1) is 0 Å². The molecule has 0 saturated heterocycles. The Kier molecular flexibility index (Phi) is 3.30. The molecule has 9 heteroatoms. The zero-order valence-corrected chi connectivity index (χ0v) is 10.3. The SMILES string of the molecule is CC(OC(N)=O)c1cc2c(c(C#N)c1[N+](=O)[O-])OCO2. The zero-order valence-electron chi connectivity index (χ0n) is 10.3. The molecule has 1 aliphatic rings. The molecule has 1 aromatic carbocycles. The number of nitrogens with two attached hydrogens (primary N) is 1. The van der Waals surface area contributed by atoms with Crippen LogP contribution in [-0.4, -0.2) is 17.8 Å². The number of nitriles is 1. The van der Waals surface area contributed by atoms with E-state index >= 15 is 0 Å². The summed E-state index contributed by atoms with van der Waals surface area (Å²) >= 11 is 0. The summed E-state index contributed by atoms with van der Waals surface area (Å²) in [5.41, 5.74) is 4.12. The minimum absolute atomic E-state index is 0.00854. The van der Waals surface area contributed by atoms with Crippen molar-refractivity contribution >= 4 is 11.8 Å². The number of rotatable bonds is 3. The molecular weight excluding hydrogens is 270 g/mol. The van der Waals surface area contributed by atoms with Crippen molar-refractivity contribution in [1.82, 2.24) is 0 Å². The molecule has 1 aromatic rings. The molecule has 104 valence electrons. The van der Waals surface area contributed by atoms with Gasteiger partial charge in [0.05, 0.1) is 10.5 Å². The van der Waals surface area contributed by atoms with Crippen molar-refractivity contribution in [1.29, 1.82) is 5.26 Å². The highest BCUT2D eigenvalue weighted by Gasteiger charge is 2.33. The molecule has 0 saturated carbocycles. The molecule has 1 atom stereocenters. The Bertz CT molecular complexity index is 636. The van der Waals surface area contributed by atoms with Gasteiger partial charge in [-0.2, -0.15) is 5.26 Å². The Labute approximate surface area is 112 Å². The Balaban J connectivity index is 2.65. The van der Waals surface area contributed by atoms with Crippen LogP contribution < -0.4 is 15.2 Å². The Morgan fingerprint density at radius 1 is 1.65 bits per heavy atom. The lowest BCUT2D eigenvalue weighted by Gasteiger charge is -2.13. The smallest absolute Gasteiger partial charge is 0.405 e. The zero-order chi connectivity index (χ0) is 14.9. The molecule has 20 heavy (non-hydrogen) atoms. The standard InChI is InChI=1S/C11H9N3O6/c1-5(20-11(13)15)6-2-8-10(19-4-18-8)7(3-12)9(6)14(16)17/h2,5H,4H2,1H3,(H2,13,15). The molecule has 0 fully saturated rings. The van der Waals surface area contributed by atoms with E-state index in [0.717, 1.165) is 0 Å². The van der Waals surface area contributed by atoms with E-state index in [9.17, 15) is 14.9 Å². The minimum Gasteiger partial charge on any atom is -0.454 e. The second-order valence-electron chi connectivity index (χ2n) is 3.87. The number of ether oxygens (including phenoxy) is 3. The van der Waals surface area contributed by atoms with Crippen LogP contribution in [0.1, 0.15) is 24.2 Å². The van der Waals surface area contributed by atoms with E-state index in [4.69, 9.17) is 25.2 Å². The Morgan fingerprint density at radius 2 is 2.35 bits per heavy atom. The first kappa shape index (κ1) is 13.4. The fourth-order valence-electron chi connectivity index (χ4n) is 1.90. The number of hydrogen-bond donors (Lipinski definition) is 1. The highest BCUT2D eigenvalue weighted by Crippen LogP contribution is 2.44. The molecule has 0 aliphatic carbocycles. The van der Waals surface area contributed by atoms with Crippen molar-refractivity contribution in [3.05, 3.63) is 27.3 Å². The van der Waals surface area contributed by atoms with Gasteiger partial charge < -0.3 is 19.9 Å². The van der Waals surface area contributed by atoms with Gasteiger partial charge in [0.15, 0.2) is 17.1 Å². The number of fused-ring (bicyclic) bond motifs is 1. The summed E-state index contributed by atoms with van der Waals surface area (Å²) in [5, 5.41) is 20.3. The molecule has 1 heterocycles. The molecule has 0 bridgehead atoms. The number of carbonyl (C=O) groups is 1. The van der Waals surface area contributed by atoms with Crippen molar-refractivity contribution in [3.63, 3.8) is 0 Å². The van der Waals surface area contributed by atoms with E-state index in [1.54, 1.807) is 6.07 Å². The highest BCUT2D eigenvalue weighted by atomic mass is 16.7. The molecule has 2 N–H and O–H groups in total. The summed E-state index contributed by atoms with van der Waals surface area (Å²) < 4.78 is 14.9. The second-order valence-corrected chi connectivity index (χ2v) is 3.87. The van der Waals surface area contributed by atoms with Crippen LogP contribution >= 0.6 is 0 Å². The third-order valence-corrected chi connectivity index (χ3v) is 2.69. The summed E-state index contributed by atoms with van der Waals surface area (Å²) in [4.78, 5) is 21.2. The molecule has 9 nitrogen and oxygen atoms in total. The molecule has 1 amide bonds. The number of nitrogens with zero attached hydrogens (tertiary/aromatic N) is 2. The first-order chi connectivity index (χ1) is 9.45. The lowest BCUT2D eigenvalue weighted by Crippen LogP contribution is -2.16. The van der Waals surface area contributed by atoms with E-state index in [-0.39, 0.29) is 29.4 Å². The number of amides is 1. The molecular formula is C11H9N3O6. The van der Waals surface area contributed by atoms with Gasteiger partial charge in [-0.25, -0.2) is 4.79 Å². The van der Waals surface area contributed by atoms with Crippen molar-refractivity contribution < 1.29 is 23.9 Å². The average molecular weight is 279 g/mol. The van der Waals surface area contributed by atoms with Crippen molar-refractivity contribution in [2.45, 2.75) is 13.0 Å². The third-order valence-electron chi connectivity index (χ3n) is 2.69. The van der Waals surface area contributed by atoms with Crippen LogP contribution in [-0.2, 0) is 4.74 Å². The van der Waals surface area contributed by atoms with Crippen LogP contribution in [0.5, 0.6) is 11.5 Å². The van der Waals surface area contributed by atoms with Gasteiger partial charge in [0.1, 0.15) is 12.2 Å². The lowest BCUT2D eigenvalue weighted by molar-refractivity contribution is -0.386. The summed E-state index contributed by atoms with van der Waals surface area (Å²) in [5.74, 6) is 0.191. The normalized spacial score (nSPS) is 13.4. The number of hydrogen-bond acceptors (Lipinski definition) is 7. The van der Waals surface area contributed by atoms with Crippen molar-refractivity contribution in [3.8, 4) is 17.6 Å². The number of nitro groups is 1. The third kappa shape index (κ3) is 2.14. The van der Waals surface area contributed by atoms with Crippen LogP contribution in [0, 0.1) is 21.4 Å².